The zero-order chi connectivity index (χ0) is 69.2. The lowest BCUT2D eigenvalue weighted by atomic mass is 9.89. The molecule has 2 spiro atoms. The normalized spacial score (nSPS) is 17.7. The van der Waals surface area contributed by atoms with Crippen molar-refractivity contribution in [2.24, 2.45) is 9.98 Å². The van der Waals surface area contributed by atoms with Crippen molar-refractivity contribution in [2.45, 2.75) is 140 Å². The Bertz CT molecular complexity index is 3620. The summed E-state index contributed by atoms with van der Waals surface area (Å²) < 4.78 is 204. The standard InChI is InChI=1S/C31H38F5N3O7S.C31H36F5N3O7S.CH4/c2*1-20-15-25(46-19-23(41)18-40)16-21(2)26(20)7-14-47(43,44)39-11-9-29(10-12-39)28(42)37-27(38-29)22-5-3-6-24(17-22)45-13-4-8-30(32,33)31(34,35)36;/h3,5-6,15-17,23,40-41H,4,7-14,18-19H2,1-2H3,(H,37,38,42);3,5-7,14-17,23,40-41H,4,8-13,18-19H2,1-2H3,(H,37,38,42);1H4/b;14-7+;/t2*23-;/m11./s1. The summed E-state index contributed by atoms with van der Waals surface area (Å²) in [6.45, 7) is 5.67. The fraction of sp³-hybridized carbons (Fsp3) is 0.524. The van der Waals surface area contributed by atoms with E-state index < -0.39 is 112 Å². The van der Waals surface area contributed by atoms with Gasteiger partial charge in [0.05, 0.1) is 32.2 Å². The van der Waals surface area contributed by atoms with E-state index in [1.807, 2.05) is 13.8 Å². The largest absolute Gasteiger partial charge is 0.494 e. The van der Waals surface area contributed by atoms with Gasteiger partial charge in [0.1, 0.15) is 71.2 Å². The quantitative estimate of drug-likeness (QED) is 0.0242. The first-order chi connectivity index (χ1) is 43.9. The van der Waals surface area contributed by atoms with Gasteiger partial charge in [0.2, 0.25) is 20.0 Å². The first-order valence-electron chi connectivity index (χ1n) is 29.8. The van der Waals surface area contributed by atoms with E-state index in [1.165, 1.54) is 39.0 Å². The number of hydrogen-bond acceptors (Lipinski definition) is 16. The molecule has 2 fully saturated rings. The Labute approximate surface area is 544 Å². The van der Waals surface area contributed by atoms with Crippen LogP contribution < -0.4 is 29.6 Å². The molecular formula is C63H78F10N6O14S2. The topological polar surface area (TPSA) is 276 Å². The second kappa shape index (κ2) is 31.5. The number of hydrogen-bond donors (Lipinski definition) is 6. The number of carbonyl (C=O) groups excluding carboxylic acids is 2. The number of sulfonamides is 2. The van der Waals surface area contributed by atoms with Gasteiger partial charge in [-0.15, -0.1) is 0 Å². The maximum absolute atomic E-state index is 13.3. The first kappa shape index (κ1) is 77.1. The highest BCUT2D eigenvalue weighted by Gasteiger charge is 2.57. The summed E-state index contributed by atoms with van der Waals surface area (Å²) >= 11 is 0. The van der Waals surface area contributed by atoms with Crippen molar-refractivity contribution < 1.29 is 110 Å². The Kier molecular flexibility index (Phi) is 25.6. The van der Waals surface area contributed by atoms with E-state index >= 15 is 0 Å². The minimum absolute atomic E-state index is 0. The lowest BCUT2D eigenvalue weighted by molar-refractivity contribution is -0.284. The van der Waals surface area contributed by atoms with Crippen molar-refractivity contribution in [3.8, 4) is 23.0 Å². The predicted octanol–water partition coefficient (Wildman–Crippen LogP) is 8.42. The highest BCUT2D eigenvalue weighted by atomic mass is 32.2. The number of aliphatic hydroxyl groups excluding tert-OH is 4. The number of halogens is 10. The molecule has 4 aromatic rings. The second-order valence-corrected chi connectivity index (χ2v) is 27.2. The molecule has 4 heterocycles. The minimum atomic E-state index is -5.63. The third kappa shape index (κ3) is 19.6. The number of ether oxygens (including phenoxy) is 4. The van der Waals surface area contributed by atoms with E-state index in [0.29, 0.717) is 28.2 Å². The van der Waals surface area contributed by atoms with E-state index in [2.05, 4.69) is 20.6 Å². The maximum Gasteiger partial charge on any atom is 0.453 e. The number of rotatable bonds is 27. The number of aliphatic hydroxyl groups is 4. The Morgan fingerprint density at radius 1 is 0.579 bits per heavy atom. The minimum Gasteiger partial charge on any atom is -0.494 e. The molecule has 526 valence electrons. The molecule has 8 rings (SSSR count). The van der Waals surface area contributed by atoms with E-state index in [4.69, 9.17) is 29.2 Å². The summed E-state index contributed by atoms with van der Waals surface area (Å²) in [7, 11) is -7.54. The van der Waals surface area contributed by atoms with Gasteiger partial charge in [-0.3, -0.25) is 19.6 Å². The average molecular weight is 1400 g/mol. The van der Waals surface area contributed by atoms with Crippen LogP contribution in [0.15, 0.2) is 88.2 Å². The van der Waals surface area contributed by atoms with Gasteiger partial charge < -0.3 is 50.0 Å². The highest BCUT2D eigenvalue weighted by molar-refractivity contribution is 7.92. The van der Waals surface area contributed by atoms with Crippen LogP contribution >= 0.6 is 0 Å². The van der Waals surface area contributed by atoms with Crippen molar-refractivity contribution in [2.75, 3.05) is 71.6 Å². The molecule has 4 aliphatic rings. The summed E-state index contributed by atoms with van der Waals surface area (Å²) in [5, 5.41) is 43.5. The molecule has 6 N–H and O–H groups in total. The number of aliphatic imine (C=N–C) groups is 2. The van der Waals surface area contributed by atoms with Crippen LogP contribution in [-0.2, 0) is 36.1 Å². The molecule has 2 saturated heterocycles. The highest BCUT2D eigenvalue weighted by Crippen LogP contribution is 2.41. The van der Waals surface area contributed by atoms with E-state index in [0.717, 1.165) is 33.2 Å². The number of nitrogens with one attached hydrogen (secondary N) is 2. The van der Waals surface area contributed by atoms with Crippen LogP contribution in [0.5, 0.6) is 23.0 Å². The first-order valence-corrected chi connectivity index (χ1v) is 32.9. The number of carbonyl (C=O) groups is 2. The van der Waals surface area contributed by atoms with Crippen LogP contribution in [0.3, 0.4) is 0 Å². The zero-order valence-electron chi connectivity index (χ0n) is 51.6. The van der Waals surface area contributed by atoms with Gasteiger partial charge in [0.25, 0.3) is 11.8 Å². The van der Waals surface area contributed by atoms with Gasteiger partial charge in [-0.1, -0.05) is 31.7 Å². The summed E-state index contributed by atoms with van der Waals surface area (Å²) in [5.41, 5.74) is 3.16. The molecule has 4 aliphatic heterocycles. The van der Waals surface area contributed by atoms with Crippen molar-refractivity contribution in [3.63, 3.8) is 0 Å². The number of amidine groups is 2. The van der Waals surface area contributed by atoms with Crippen LogP contribution in [0.2, 0.25) is 0 Å². The number of nitrogens with zero attached hydrogens (tertiary/aromatic N) is 4. The third-order valence-electron chi connectivity index (χ3n) is 16.2. The van der Waals surface area contributed by atoms with Crippen molar-refractivity contribution in [3.05, 3.63) is 123 Å². The molecule has 0 saturated carbocycles. The number of benzene rings is 4. The summed E-state index contributed by atoms with van der Waals surface area (Å²) in [6, 6.07) is 19.2. The number of amides is 2. The monoisotopic (exact) mass is 1400 g/mol. The SMILES string of the molecule is C.Cc1cc(OC[C@H](O)CO)cc(C)c1/C=C/S(=O)(=O)N1CCC2(CC1)N=C(c1cccc(OCCCC(F)(F)C(F)(F)F)c1)NC2=O.Cc1cc(OC[C@H](O)CO)cc(C)c1CCS(=O)(=O)N1CCC2(CC1)N=C(c1cccc(OCCCC(F)(F)C(F)(F)F)c1)NC2=O. The lowest BCUT2D eigenvalue weighted by Crippen LogP contribution is -2.50. The molecule has 0 radical (unpaired) electrons. The van der Waals surface area contributed by atoms with Crippen LogP contribution in [0.1, 0.15) is 103 Å². The molecule has 0 aromatic heterocycles. The van der Waals surface area contributed by atoms with E-state index in [1.54, 1.807) is 62.4 Å². The van der Waals surface area contributed by atoms with Crippen LogP contribution in [0, 0.1) is 27.7 Å². The predicted molar refractivity (Wildman–Crippen MR) is 332 cm³/mol. The molecule has 2 amide bonds. The fourth-order valence-corrected chi connectivity index (χ4v) is 13.4. The van der Waals surface area contributed by atoms with Crippen LogP contribution in [0.4, 0.5) is 43.9 Å². The zero-order valence-corrected chi connectivity index (χ0v) is 53.3. The molecule has 4 aromatic carbocycles. The molecule has 2 atom stereocenters. The van der Waals surface area contributed by atoms with Crippen molar-refractivity contribution >= 4 is 49.6 Å². The number of piperidine rings is 2. The molecule has 20 nitrogen and oxygen atoms in total. The number of alkyl halides is 10. The average Bonchev–Trinajstić information content (AvgIpc) is 1.65. The lowest BCUT2D eigenvalue weighted by Gasteiger charge is -2.34. The van der Waals surface area contributed by atoms with Crippen LogP contribution in [-0.4, -0.2) is 188 Å². The van der Waals surface area contributed by atoms with Gasteiger partial charge in [-0.2, -0.15) is 48.2 Å². The Balaban J connectivity index is 0.000000298. The van der Waals surface area contributed by atoms with E-state index in [-0.39, 0.29) is 127 Å². The smallest absolute Gasteiger partial charge is 0.453 e. The number of aryl methyl sites for hydroxylation is 4. The molecule has 32 heteroatoms. The maximum atomic E-state index is 13.3. The summed E-state index contributed by atoms with van der Waals surface area (Å²) in [6.07, 6.45) is -14.9. The van der Waals surface area contributed by atoms with Gasteiger partial charge >= 0.3 is 24.2 Å². The van der Waals surface area contributed by atoms with Gasteiger partial charge in [0.15, 0.2) is 0 Å². The van der Waals surface area contributed by atoms with Gasteiger partial charge in [-0.25, -0.2) is 21.1 Å². The van der Waals surface area contributed by atoms with Gasteiger partial charge in [0, 0.05) is 55.6 Å². The third-order valence-corrected chi connectivity index (χ3v) is 19.7. The van der Waals surface area contributed by atoms with Crippen LogP contribution in [0.25, 0.3) is 6.08 Å². The molecule has 0 bridgehead atoms. The molecule has 0 aliphatic carbocycles. The summed E-state index contributed by atoms with van der Waals surface area (Å²) in [5.74, 6) is -8.75. The summed E-state index contributed by atoms with van der Waals surface area (Å²) in [4.78, 5) is 35.3. The Morgan fingerprint density at radius 3 is 1.36 bits per heavy atom. The molecular weight excluding hydrogens is 1320 g/mol. The van der Waals surface area contributed by atoms with Gasteiger partial charge in [-0.05, 0) is 161 Å². The van der Waals surface area contributed by atoms with Crippen molar-refractivity contribution in [1.29, 1.82) is 0 Å². The van der Waals surface area contributed by atoms with E-state index in [9.17, 15) is 80.5 Å². The molecule has 95 heavy (non-hydrogen) atoms. The van der Waals surface area contributed by atoms with Crippen molar-refractivity contribution in [1.82, 2.24) is 19.2 Å². The Hall–Kier alpha value is -6.94. The Morgan fingerprint density at radius 2 is 0.968 bits per heavy atom. The second-order valence-electron chi connectivity index (χ2n) is 23.3. The molecule has 0 unspecified atom stereocenters. The fourth-order valence-electron chi connectivity index (χ4n) is 10.8.